The number of anilines is 1. The second-order valence-electron chi connectivity index (χ2n) is 6.55. The molecular weight excluding hydrogens is 248 g/mol. The van der Waals surface area contributed by atoms with Gasteiger partial charge in [-0.2, -0.15) is 0 Å². The molecule has 0 saturated carbocycles. The van der Waals surface area contributed by atoms with Crippen LogP contribution >= 0.6 is 0 Å². The molecule has 1 aromatic rings. The highest BCUT2D eigenvalue weighted by Crippen LogP contribution is 2.24. The van der Waals surface area contributed by atoms with Gasteiger partial charge in [-0.05, 0) is 36.0 Å². The second kappa shape index (κ2) is 6.29. The maximum absolute atomic E-state index is 12.7. The first-order chi connectivity index (χ1) is 9.47. The molecule has 1 aliphatic rings. The van der Waals surface area contributed by atoms with Crippen LogP contribution in [-0.4, -0.2) is 30.4 Å². The fourth-order valence-corrected chi connectivity index (χ4v) is 2.73. The first-order valence-corrected chi connectivity index (χ1v) is 7.63. The first kappa shape index (κ1) is 14.9. The van der Waals surface area contributed by atoms with E-state index in [2.05, 4.69) is 39.1 Å². The molecule has 1 amide bonds. The molecule has 0 bridgehead atoms. The Morgan fingerprint density at radius 3 is 2.45 bits per heavy atom. The van der Waals surface area contributed by atoms with Crippen molar-refractivity contribution < 1.29 is 4.79 Å². The Labute approximate surface area is 122 Å². The van der Waals surface area contributed by atoms with Crippen LogP contribution < -0.4 is 5.32 Å². The van der Waals surface area contributed by atoms with Gasteiger partial charge in [0, 0.05) is 30.9 Å². The third-order valence-corrected chi connectivity index (χ3v) is 3.52. The molecule has 2 rings (SSSR count). The smallest absolute Gasteiger partial charge is 0.253 e. The number of fused-ring (bicyclic) bond motifs is 1. The molecule has 1 heterocycles. The van der Waals surface area contributed by atoms with Gasteiger partial charge in [-0.25, -0.2) is 0 Å². The summed E-state index contributed by atoms with van der Waals surface area (Å²) in [5, 5.41) is 3.35. The number of hydrogen-bond donors (Lipinski definition) is 1. The molecule has 0 fully saturated rings. The van der Waals surface area contributed by atoms with E-state index < -0.39 is 0 Å². The summed E-state index contributed by atoms with van der Waals surface area (Å²) in [6, 6.07) is 6.08. The lowest BCUT2D eigenvalue weighted by molar-refractivity contribution is 0.0715. The molecule has 0 aromatic heterocycles. The Balaban J connectivity index is 2.17. The van der Waals surface area contributed by atoms with Crippen LogP contribution in [0.1, 0.15) is 43.6 Å². The zero-order valence-corrected chi connectivity index (χ0v) is 13.1. The van der Waals surface area contributed by atoms with Crippen LogP contribution in [0.4, 0.5) is 5.69 Å². The molecule has 0 atom stereocenters. The van der Waals surface area contributed by atoms with E-state index in [-0.39, 0.29) is 5.91 Å². The van der Waals surface area contributed by atoms with Gasteiger partial charge in [0.15, 0.2) is 0 Å². The number of carbonyl (C=O) groups is 1. The largest absolute Gasteiger partial charge is 0.384 e. The highest BCUT2D eigenvalue weighted by Gasteiger charge is 2.20. The second-order valence-corrected chi connectivity index (χ2v) is 6.55. The van der Waals surface area contributed by atoms with Gasteiger partial charge in [0.2, 0.25) is 0 Å². The number of amides is 1. The van der Waals surface area contributed by atoms with Crippen LogP contribution in [0.25, 0.3) is 0 Å². The lowest BCUT2D eigenvalue weighted by Crippen LogP contribution is -2.37. The van der Waals surface area contributed by atoms with Crippen LogP contribution in [0.5, 0.6) is 0 Å². The van der Waals surface area contributed by atoms with Gasteiger partial charge in [0.25, 0.3) is 5.91 Å². The van der Waals surface area contributed by atoms with Crippen LogP contribution in [0, 0.1) is 11.8 Å². The van der Waals surface area contributed by atoms with E-state index in [0.717, 1.165) is 37.3 Å². The van der Waals surface area contributed by atoms with E-state index in [4.69, 9.17) is 0 Å². The maximum atomic E-state index is 12.7. The van der Waals surface area contributed by atoms with Crippen molar-refractivity contribution in [2.45, 2.75) is 34.1 Å². The average Bonchev–Trinajstić information content (AvgIpc) is 2.83. The zero-order chi connectivity index (χ0) is 14.7. The molecular formula is C17H26N2O. The van der Waals surface area contributed by atoms with E-state index in [0.29, 0.717) is 11.8 Å². The normalized spacial score (nSPS) is 13.5. The molecule has 0 radical (unpaired) electrons. The summed E-state index contributed by atoms with van der Waals surface area (Å²) < 4.78 is 0. The molecule has 20 heavy (non-hydrogen) atoms. The highest BCUT2D eigenvalue weighted by molar-refractivity contribution is 5.95. The Hall–Kier alpha value is -1.51. The van der Waals surface area contributed by atoms with E-state index in [1.165, 1.54) is 5.56 Å². The van der Waals surface area contributed by atoms with Crippen molar-refractivity contribution in [3.8, 4) is 0 Å². The average molecular weight is 274 g/mol. The molecule has 110 valence electrons. The molecule has 1 aromatic carbocycles. The minimum atomic E-state index is 0.156. The van der Waals surface area contributed by atoms with Crippen molar-refractivity contribution in [1.82, 2.24) is 4.90 Å². The van der Waals surface area contributed by atoms with Crippen LogP contribution in [0.15, 0.2) is 18.2 Å². The Morgan fingerprint density at radius 2 is 1.85 bits per heavy atom. The van der Waals surface area contributed by atoms with Gasteiger partial charge < -0.3 is 10.2 Å². The summed E-state index contributed by atoms with van der Waals surface area (Å²) >= 11 is 0. The molecule has 0 aliphatic carbocycles. The van der Waals surface area contributed by atoms with Crippen LogP contribution in [0.2, 0.25) is 0 Å². The standard InChI is InChI=1S/C17H26N2O/c1-12(2)10-19(11-13(3)4)17(20)15-6-5-14-7-8-18-16(14)9-15/h5-6,9,12-13,18H,7-8,10-11H2,1-4H3. The molecule has 1 aliphatic heterocycles. The van der Waals surface area contributed by atoms with Crippen molar-refractivity contribution in [2.75, 3.05) is 25.0 Å². The van der Waals surface area contributed by atoms with Crippen molar-refractivity contribution in [3.63, 3.8) is 0 Å². The topological polar surface area (TPSA) is 32.3 Å². The number of hydrogen-bond acceptors (Lipinski definition) is 2. The molecule has 1 N–H and O–H groups in total. The van der Waals surface area contributed by atoms with E-state index in [1.54, 1.807) is 0 Å². The molecule has 3 heteroatoms. The predicted molar refractivity (Wildman–Crippen MR) is 84.2 cm³/mol. The van der Waals surface area contributed by atoms with Crippen molar-refractivity contribution in [1.29, 1.82) is 0 Å². The zero-order valence-electron chi connectivity index (χ0n) is 13.1. The van der Waals surface area contributed by atoms with E-state index in [9.17, 15) is 4.79 Å². The van der Waals surface area contributed by atoms with Crippen molar-refractivity contribution in [2.24, 2.45) is 11.8 Å². The Morgan fingerprint density at radius 1 is 1.20 bits per heavy atom. The SMILES string of the molecule is CC(C)CN(CC(C)C)C(=O)c1ccc2c(c1)NCC2. The Kier molecular flexibility index (Phi) is 4.69. The number of rotatable bonds is 5. The predicted octanol–water partition coefficient (Wildman–Crippen LogP) is 3.41. The number of nitrogens with one attached hydrogen (secondary N) is 1. The summed E-state index contributed by atoms with van der Waals surface area (Å²) in [7, 11) is 0. The quantitative estimate of drug-likeness (QED) is 0.892. The third kappa shape index (κ3) is 3.53. The van der Waals surface area contributed by atoms with Gasteiger partial charge in [-0.15, -0.1) is 0 Å². The summed E-state index contributed by atoms with van der Waals surface area (Å²) in [6.45, 7) is 11.3. The van der Waals surface area contributed by atoms with Gasteiger partial charge in [0.05, 0.1) is 0 Å². The van der Waals surface area contributed by atoms with Crippen LogP contribution in [0.3, 0.4) is 0 Å². The van der Waals surface area contributed by atoms with E-state index >= 15 is 0 Å². The third-order valence-electron chi connectivity index (χ3n) is 3.52. The fourth-order valence-electron chi connectivity index (χ4n) is 2.73. The van der Waals surface area contributed by atoms with Crippen molar-refractivity contribution in [3.05, 3.63) is 29.3 Å². The Bertz CT molecular complexity index is 470. The number of benzene rings is 1. The van der Waals surface area contributed by atoms with Gasteiger partial charge in [0.1, 0.15) is 0 Å². The number of carbonyl (C=O) groups excluding carboxylic acids is 1. The van der Waals surface area contributed by atoms with Gasteiger partial charge >= 0.3 is 0 Å². The van der Waals surface area contributed by atoms with E-state index in [1.807, 2.05) is 17.0 Å². The van der Waals surface area contributed by atoms with Gasteiger partial charge in [-0.1, -0.05) is 33.8 Å². The summed E-state index contributed by atoms with van der Waals surface area (Å²) in [5.74, 6) is 1.14. The van der Waals surface area contributed by atoms with Gasteiger partial charge in [-0.3, -0.25) is 4.79 Å². The number of nitrogens with zero attached hydrogens (tertiary/aromatic N) is 1. The summed E-state index contributed by atoms with van der Waals surface area (Å²) in [5.41, 5.74) is 3.25. The lowest BCUT2D eigenvalue weighted by atomic mass is 10.1. The maximum Gasteiger partial charge on any atom is 0.253 e. The van der Waals surface area contributed by atoms with Crippen molar-refractivity contribution >= 4 is 11.6 Å². The molecule has 3 nitrogen and oxygen atoms in total. The minimum Gasteiger partial charge on any atom is -0.384 e. The molecule has 0 spiro atoms. The monoisotopic (exact) mass is 274 g/mol. The lowest BCUT2D eigenvalue weighted by Gasteiger charge is -2.26. The van der Waals surface area contributed by atoms with Crippen LogP contribution in [-0.2, 0) is 6.42 Å². The molecule has 0 unspecified atom stereocenters. The fraction of sp³-hybridized carbons (Fsp3) is 0.588. The molecule has 0 saturated heterocycles. The summed E-state index contributed by atoms with van der Waals surface area (Å²) in [4.78, 5) is 14.7. The summed E-state index contributed by atoms with van der Waals surface area (Å²) in [6.07, 6.45) is 1.06. The highest BCUT2D eigenvalue weighted by atomic mass is 16.2. The first-order valence-electron chi connectivity index (χ1n) is 7.63. The minimum absolute atomic E-state index is 0.156.